The molecule has 0 saturated heterocycles. The van der Waals surface area contributed by atoms with E-state index in [4.69, 9.17) is 0 Å². The second kappa shape index (κ2) is 43.9. The monoisotopic (exact) mass is 78.1 g/mol. The Morgan fingerprint density at radius 3 is 1.40 bits per heavy atom. The molecular weight excluding hydrogens is 68.0 g/mol. The predicted molar refractivity (Wildman–Crippen MR) is 21.6 cm³/mol. The fourth-order valence-corrected chi connectivity index (χ4v) is 0. The first-order valence-electron chi connectivity index (χ1n) is 1.12. The molecule has 0 saturated carbocycles. The van der Waals surface area contributed by atoms with Crippen LogP contribution in [0.15, 0.2) is 0 Å². The highest BCUT2D eigenvalue weighted by Crippen LogP contribution is 0.817. The summed E-state index contributed by atoms with van der Waals surface area (Å²) < 4.78 is 0. The Balaban J connectivity index is 0. The molecule has 34 valence electrons. The molecule has 0 bridgehead atoms. The number of nitrogens with two attached hydrogens (primary N) is 3. The number of rotatable bonds is 0. The summed E-state index contributed by atoms with van der Waals surface area (Å²) in [5, 5.41) is 0. The minimum absolute atomic E-state index is 1.65. The molecule has 0 aliphatic heterocycles. The third kappa shape index (κ3) is 508. The molecule has 0 aliphatic carbocycles. The average Bonchev–Trinajstić information content (AvgIpc) is 1.46. The Morgan fingerprint density at radius 2 is 1.40 bits per heavy atom. The van der Waals surface area contributed by atoms with Crippen LogP contribution in [0.2, 0.25) is 0 Å². The second-order valence-corrected chi connectivity index (χ2v) is 0.289. The summed E-state index contributed by atoms with van der Waals surface area (Å²) in [5.74, 6) is 12.6. The predicted octanol–water partition coefficient (Wildman–Crippen LogP) is -2.10. The Morgan fingerprint density at radius 1 is 1.40 bits per heavy atom. The Kier molecular flexibility index (Phi) is 77.7. The summed E-state index contributed by atoms with van der Waals surface area (Å²) in [5.41, 5.74) is 2.25. The van der Waals surface area contributed by atoms with E-state index in [1.54, 1.807) is 7.05 Å². The summed E-state index contributed by atoms with van der Waals surface area (Å²) >= 11 is 0. The van der Waals surface area contributed by atoms with E-state index in [0.29, 0.717) is 0 Å². The van der Waals surface area contributed by atoms with Gasteiger partial charge in [0.2, 0.25) is 0 Å². The van der Waals surface area contributed by atoms with Gasteiger partial charge >= 0.3 is 0 Å². The van der Waals surface area contributed by atoms with E-state index in [-0.39, 0.29) is 0 Å². The summed E-state index contributed by atoms with van der Waals surface area (Å²) in [7, 11) is 1.65. The van der Waals surface area contributed by atoms with Crippen LogP contribution in [0.25, 0.3) is 0 Å². The van der Waals surface area contributed by atoms with Crippen LogP contribution in [-0.4, -0.2) is 7.05 Å². The van der Waals surface area contributed by atoms with Gasteiger partial charge in [-0.15, -0.1) is 0 Å². The van der Waals surface area contributed by atoms with Gasteiger partial charge in [0.1, 0.15) is 0 Å². The van der Waals surface area contributed by atoms with Gasteiger partial charge in [-0.3, -0.25) is 23.0 Å². The van der Waals surface area contributed by atoms with Crippen molar-refractivity contribution in [1.29, 1.82) is 0 Å². The van der Waals surface area contributed by atoms with Gasteiger partial charge in [0.25, 0.3) is 0 Å². The van der Waals surface area contributed by atoms with Crippen molar-refractivity contribution in [2.45, 2.75) is 0 Å². The normalized spacial score (nSPS) is 4.80. The van der Waals surface area contributed by atoms with Crippen LogP contribution in [0.3, 0.4) is 0 Å². The quantitative estimate of drug-likeness (QED) is 0.197. The van der Waals surface area contributed by atoms with Crippen LogP contribution in [0, 0.1) is 0 Å². The van der Waals surface area contributed by atoms with Gasteiger partial charge in [-0.05, 0) is 7.05 Å². The van der Waals surface area contributed by atoms with Crippen molar-refractivity contribution in [2.75, 3.05) is 7.05 Å². The van der Waals surface area contributed by atoms with Crippen LogP contribution < -0.4 is 23.0 Å². The molecule has 4 heteroatoms. The van der Waals surface area contributed by atoms with E-state index < -0.39 is 0 Å². The minimum atomic E-state index is 1.65. The van der Waals surface area contributed by atoms with Crippen molar-refractivity contribution >= 4 is 0 Å². The van der Waals surface area contributed by atoms with Gasteiger partial charge in [0, 0.05) is 0 Å². The molecule has 0 radical (unpaired) electrons. The van der Waals surface area contributed by atoms with Crippen molar-refractivity contribution < 1.29 is 0 Å². The first-order chi connectivity index (χ1) is 2.41. The highest BCUT2D eigenvalue weighted by Gasteiger charge is 1.22. The van der Waals surface area contributed by atoms with E-state index in [9.17, 15) is 0 Å². The maximum atomic E-state index is 4.60. The van der Waals surface area contributed by atoms with Crippen molar-refractivity contribution in [3.8, 4) is 0 Å². The van der Waals surface area contributed by atoms with Gasteiger partial charge in [0.05, 0.1) is 0 Å². The van der Waals surface area contributed by atoms with E-state index in [1.165, 1.54) is 0 Å². The largest absolute Gasteiger partial charge is 0.274 e. The zero-order valence-electron chi connectivity index (χ0n) is 3.23. The molecule has 7 N–H and O–H groups in total. The molecule has 0 aromatic carbocycles. The lowest BCUT2D eigenvalue weighted by atomic mass is 11.5. The maximum Gasteiger partial charge on any atom is -0.00172 e. The van der Waals surface area contributed by atoms with Gasteiger partial charge in [-0.2, -0.15) is 0 Å². The van der Waals surface area contributed by atoms with E-state index in [1.807, 2.05) is 0 Å². The molecule has 0 aromatic rings. The fourth-order valence-electron chi connectivity index (χ4n) is 0. The molecule has 0 unspecified atom stereocenters. The molecule has 0 amide bonds. The summed E-state index contributed by atoms with van der Waals surface area (Å²) in [6.45, 7) is 0. The lowest BCUT2D eigenvalue weighted by molar-refractivity contribution is 0.900. The Hall–Kier alpha value is -0.160. The van der Waals surface area contributed by atoms with Crippen LogP contribution >= 0.6 is 0 Å². The lowest BCUT2D eigenvalue weighted by Crippen LogP contribution is -2.13. The third-order valence-corrected chi connectivity index (χ3v) is 0. The summed E-state index contributed by atoms with van der Waals surface area (Å²) in [6, 6.07) is 0. The number of nitrogens with one attached hydrogen (secondary N) is 1. The molecule has 4 nitrogen and oxygen atoms in total. The van der Waals surface area contributed by atoms with Gasteiger partial charge in [-0.1, -0.05) is 0 Å². The van der Waals surface area contributed by atoms with Crippen LogP contribution in [-0.2, 0) is 0 Å². The van der Waals surface area contributed by atoms with Gasteiger partial charge in [0.15, 0.2) is 0 Å². The molecule has 0 fully saturated rings. The van der Waals surface area contributed by atoms with Crippen molar-refractivity contribution in [3.63, 3.8) is 0 Å². The topological polar surface area (TPSA) is 90.1 Å². The molecule has 0 aliphatic rings. The fraction of sp³-hybridized carbons (Fsp3) is 1.00. The molecular formula is CH10N4. The smallest absolute Gasteiger partial charge is 0.00172 e. The van der Waals surface area contributed by atoms with E-state index in [2.05, 4.69) is 23.0 Å². The number of hydrazine groups is 2. The van der Waals surface area contributed by atoms with Crippen molar-refractivity contribution in [1.82, 2.24) is 5.43 Å². The molecule has 0 atom stereocenters. The van der Waals surface area contributed by atoms with Crippen LogP contribution in [0.5, 0.6) is 0 Å². The average molecular weight is 78.1 g/mol. The maximum absolute atomic E-state index is 4.60. The van der Waals surface area contributed by atoms with E-state index >= 15 is 0 Å². The minimum Gasteiger partial charge on any atom is -0.274 e. The zero-order valence-corrected chi connectivity index (χ0v) is 3.23. The van der Waals surface area contributed by atoms with Gasteiger partial charge in [-0.25, -0.2) is 0 Å². The first kappa shape index (κ1) is 8.85. The molecule has 0 rings (SSSR count). The number of hydrogen-bond acceptors (Lipinski definition) is 4. The lowest BCUT2D eigenvalue weighted by Gasteiger charge is -1.62. The first-order valence-corrected chi connectivity index (χ1v) is 1.12. The zero-order chi connectivity index (χ0) is 4.71. The highest BCUT2D eigenvalue weighted by molar-refractivity contribution is 3.79. The van der Waals surface area contributed by atoms with Gasteiger partial charge < -0.3 is 0 Å². The Bertz CT molecular complexity index is 3.61. The summed E-state index contributed by atoms with van der Waals surface area (Å²) in [4.78, 5) is 0. The molecule has 5 heavy (non-hydrogen) atoms. The molecule has 0 spiro atoms. The second-order valence-electron chi connectivity index (χ2n) is 0.289. The van der Waals surface area contributed by atoms with Crippen LogP contribution in [0.1, 0.15) is 0 Å². The standard InChI is InChI=1S/CH6N2.H4N2/c1-3-2;1-2/h3H,2H2,1H3;1-2H2. The molecule has 0 heterocycles. The highest BCUT2D eigenvalue weighted by atomic mass is 15.2. The SMILES string of the molecule is CNN.NN. The van der Waals surface area contributed by atoms with E-state index in [0.717, 1.165) is 0 Å². The van der Waals surface area contributed by atoms with Crippen LogP contribution in [0.4, 0.5) is 0 Å². The number of hydrogen-bond donors (Lipinski definition) is 4. The van der Waals surface area contributed by atoms with Crippen molar-refractivity contribution in [3.05, 3.63) is 0 Å². The van der Waals surface area contributed by atoms with Crippen molar-refractivity contribution in [2.24, 2.45) is 17.5 Å². The molecule has 0 aromatic heterocycles. The Labute approximate surface area is 31.3 Å². The third-order valence-electron chi connectivity index (χ3n) is 0. The summed E-state index contributed by atoms with van der Waals surface area (Å²) in [6.07, 6.45) is 0.